The number of anilines is 1. The fourth-order valence-corrected chi connectivity index (χ4v) is 6.44. The van der Waals surface area contributed by atoms with Crippen LogP contribution in [0, 0.1) is 0 Å². The lowest BCUT2D eigenvalue weighted by molar-refractivity contribution is 0.0954. The molecule has 2 aliphatic heterocycles. The average molecular weight is 528 g/mol. The van der Waals surface area contributed by atoms with Gasteiger partial charge in [0.05, 0.1) is 17.1 Å². The molecule has 1 N–H and O–H groups in total. The van der Waals surface area contributed by atoms with Crippen LogP contribution in [0.15, 0.2) is 88.9 Å². The van der Waals surface area contributed by atoms with Gasteiger partial charge in [-0.1, -0.05) is 42.5 Å². The average Bonchev–Trinajstić information content (AvgIpc) is 3.48. The van der Waals surface area contributed by atoms with Crippen molar-refractivity contribution >= 4 is 38.1 Å². The molecule has 1 amide bonds. The topological polar surface area (TPSA) is 97.3 Å². The van der Waals surface area contributed by atoms with Crippen LogP contribution in [0.2, 0.25) is 0 Å². The fourth-order valence-electron chi connectivity index (χ4n) is 4.74. The van der Waals surface area contributed by atoms with E-state index in [-0.39, 0.29) is 19.2 Å². The fraction of sp³-hybridized carbons (Fsp3) is 0.172. The number of benzene rings is 4. The van der Waals surface area contributed by atoms with E-state index in [1.807, 2.05) is 49.4 Å². The van der Waals surface area contributed by atoms with Crippen molar-refractivity contribution in [2.45, 2.75) is 31.2 Å². The van der Waals surface area contributed by atoms with Crippen molar-refractivity contribution in [1.82, 2.24) is 5.43 Å². The molecule has 38 heavy (non-hydrogen) atoms. The molecule has 0 bridgehead atoms. The van der Waals surface area contributed by atoms with Crippen molar-refractivity contribution in [2.75, 3.05) is 11.1 Å². The molecule has 0 unspecified atom stereocenters. The van der Waals surface area contributed by atoms with E-state index in [4.69, 9.17) is 9.47 Å². The molecule has 0 aromatic heterocycles. The van der Waals surface area contributed by atoms with Crippen molar-refractivity contribution in [3.63, 3.8) is 0 Å². The summed E-state index contributed by atoms with van der Waals surface area (Å²) < 4.78 is 38.6. The minimum atomic E-state index is -3.65. The first-order valence-corrected chi connectivity index (χ1v) is 13.7. The van der Waals surface area contributed by atoms with Crippen LogP contribution in [-0.4, -0.2) is 26.8 Å². The quantitative estimate of drug-likeness (QED) is 0.269. The van der Waals surface area contributed by atoms with Gasteiger partial charge in [0.1, 0.15) is 0 Å². The molecule has 0 fully saturated rings. The number of hydrazone groups is 1. The predicted octanol–water partition coefficient (Wildman–Crippen LogP) is 5.02. The number of hydrogen-bond acceptors (Lipinski definition) is 6. The zero-order valence-corrected chi connectivity index (χ0v) is 21.5. The standard InChI is InChI=1S/C29H25N3O5S/c1-19(8-9-20-12-15-25-26(16-20)37-18-36-25)30-31-29(33)23-13-10-21(11-14-23)17-32-24-6-2-4-22-5-3-7-27(28(22)24)38(32,34)35/h2-7,10-16H,8-9,17-18H2,1H3,(H,31,33)/b30-19+. The maximum atomic E-state index is 13.2. The molecule has 2 aliphatic rings. The molecule has 0 radical (unpaired) electrons. The van der Waals surface area contributed by atoms with Crippen molar-refractivity contribution in [3.05, 3.63) is 95.6 Å². The minimum Gasteiger partial charge on any atom is -0.454 e. The van der Waals surface area contributed by atoms with Crippen molar-refractivity contribution in [3.8, 4) is 11.5 Å². The van der Waals surface area contributed by atoms with E-state index in [0.717, 1.165) is 45.5 Å². The van der Waals surface area contributed by atoms with Crippen LogP contribution in [0.25, 0.3) is 10.8 Å². The predicted molar refractivity (Wildman–Crippen MR) is 145 cm³/mol. The zero-order chi connectivity index (χ0) is 26.3. The monoisotopic (exact) mass is 527 g/mol. The molecule has 192 valence electrons. The number of rotatable bonds is 7. The first-order valence-electron chi connectivity index (χ1n) is 12.3. The number of carbonyl (C=O) groups excluding carboxylic acids is 1. The van der Waals surface area contributed by atoms with Gasteiger partial charge in [-0.3, -0.25) is 9.10 Å². The Kier molecular flexibility index (Phi) is 6.00. The van der Waals surface area contributed by atoms with Gasteiger partial charge >= 0.3 is 0 Å². The molecule has 0 saturated carbocycles. The van der Waals surface area contributed by atoms with E-state index >= 15 is 0 Å². The lowest BCUT2D eigenvalue weighted by Crippen LogP contribution is -2.26. The summed E-state index contributed by atoms with van der Waals surface area (Å²) in [4.78, 5) is 13.0. The summed E-state index contributed by atoms with van der Waals surface area (Å²) in [6.07, 6.45) is 1.44. The summed E-state index contributed by atoms with van der Waals surface area (Å²) >= 11 is 0. The van der Waals surface area contributed by atoms with E-state index in [1.165, 1.54) is 4.31 Å². The number of hydrogen-bond donors (Lipinski definition) is 1. The number of amides is 1. The van der Waals surface area contributed by atoms with Crippen LogP contribution >= 0.6 is 0 Å². The highest BCUT2D eigenvalue weighted by molar-refractivity contribution is 7.93. The van der Waals surface area contributed by atoms with E-state index in [0.29, 0.717) is 22.6 Å². The smallest absolute Gasteiger partial charge is 0.271 e. The van der Waals surface area contributed by atoms with Gasteiger partial charge in [-0.05, 0) is 72.7 Å². The molecule has 4 aromatic rings. The number of sulfonamides is 1. The van der Waals surface area contributed by atoms with Crippen LogP contribution < -0.4 is 19.2 Å². The number of aryl methyl sites for hydroxylation is 1. The maximum Gasteiger partial charge on any atom is 0.271 e. The number of fused-ring (bicyclic) bond motifs is 1. The van der Waals surface area contributed by atoms with Gasteiger partial charge in [0.25, 0.3) is 15.9 Å². The summed E-state index contributed by atoms with van der Waals surface area (Å²) in [6, 6.07) is 23.7. The molecule has 4 aromatic carbocycles. The van der Waals surface area contributed by atoms with Crippen molar-refractivity contribution in [2.24, 2.45) is 5.10 Å². The Morgan fingerprint density at radius 3 is 2.50 bits per heavy atom. The molecule has 6 rings (SSSR count). The van der Waals surface area contributed by atoms with Gasteiger partial charge in [-0.15, -0.1) is 0 Å². The van der Waals surface area contributed by atoms with Gasteiger partial charge in [0.15, 0.2) is 11.5 Å². The number of ether oxygens (including phenoxy) is 2. The SMILES string of the molecule is C/C(CCc1ccc2c(c1)OCO2)=N\NC(=O)c1ccc(CN2c3cccc4cccc(c34)S2(=O)=O)cc1. The van der Waals surface area contributed by atoms with Crippen LogP contribution in [0.4, 0.5) is 5.69 Å². The summed E-state index contributed by atoms with van der Waals surface area (Å²) in [5.41, 5.74) is 6.39. The van der Waals surface area contributed by atoms with Crippen LogP contribution in [0.1, 0.15) is 34.8 Å². The highest BCUT2D eigenvalue weighted by Gasteiger charge is 2.35. The molecule has 0 atom stereocenters. The zero-order valence-electron chi connectivity index (χ0n) is 20.7. The van der Waals surface area contributed by atoms with Crippen molar-refractivity contribution < 1.29 is 22.7 Å². The van der Waals surface area contributed by atoms with Crippen LogP contribution in [0.5, 0.6) is 11.5 Å². The highest BCUT2D eigenvalue weighted by atomic mass is 32.2. The Balaban J connectivity index is 1.09. The van der Waals surface area contributed by atoms with E-state index in [9.17, 15) is 13.2 Å². The lowest BCUT2D eigenvalue weighted by atomic mass is 10.1. The molecular weight excluding hydrogens is 502 g/mol. The second kappa shape index (κ2) is 9.50. The van der Waals surface area contributed by atoms with Crippen molar-refractivity contribution in [1.29, 1.82) is 0 Å². The minimum absolute atomic E-state index is 0.176. The summed E-state index contributed by atoms with van der Waals surface area (Å²) in [5.74, 6) is 1.17. The Morgan fingerprint density at radius 1 is 0.947 bits per heavy atom. The summed E-state index contributed by atoms with van der Waals surface area (Å²) in [7, 11) is -3.65. The molecule has 2 heterocycles. The first-order chi connectivity index (χ1) is 18.4. The van der Waals surface area contributed by atoms with Gasteiger partial charge in [0.2, 0.25) is 6.79 Å². The maximum absolute atomic E-state index is 13.2. The van der Waals surface area contributed by atoms with Crippen LogP contribution in [-0.2, 0) is 23.0 Å². The Labute approximate surface area is 220 Å². The molecular formula is C29H25N3O5S. The van der Waals surface area contributed by atoms with Gasteiger partial charge < -0.3 is 9.47 Å². The highest BCUT2D eigenvalue weighted by Crippen LogP contribution is 2.42. The number of nitrogens with zero attached hydrogens (tertiary/aromatic N) is 2. The normalized spacial score (nSPS) is 15.2. The first kappa shape index (κ1) is 24.0. The Hall–Kier alpha value is -4.37. The Morgan fingerprint density at radius 2 is 1.68 bits per heavy atom. The Bertz CT molecular complexity index is 1690. The molecule has 0 spiro atoms. The van der Waals surface area contributed by atoms with E-state index in [2.05, 4.69) is 10.5 Å². The number of nitrogens with one attached hydrogen (secondary N) is 1. The largest absolute Gasteiger partial charge is 0.454 e. The number of carbonyl (C=O) groups is 1. The third-order valence-electron chi connectivity index (χ3n) is 6.78. The molecule has 8 nitrogen and oxygen atoms in total. The van der Waals surface area contributed by atoms with Gasteiger partial charge in [-0.2, -0.15) is 5.10 Å². The van der Waals surface area contributed by atoms with Gasteiger partial charge in [-0.25, -0.2) is 13.8 Å². The van der Waals surface area contributed by atoms with E-state index in [1.54, 1.807) is 36.4 Å². The lowest BCUT2D eigenvalue weighted by Gasteiger charge is -2.19. The molecule has 0 aliphatic carbocycles. The van der Waals surface area contributed by atoms with Crippen LogP contribution in [0.3, 0.4) is 0 Å². The third-order valence-corrected chi connectivity index (χ3v) is 8.59. The van der Waals surface area contributed by atoms with E-state index < -0.39 is 10.0 Å². The van der Waals surface area contributed by atoms with Gasteiger partial charge in [0, 0.05) is 16.7 Å². The molecule has 0 saturated heterocycles. The second-order valence-corrected chi connectivity index (χ2v) is 11.1. The summed E-state index contributed by atoms with van der Waals surface area (Å²) in [6.45, 7) is 2.29. The second-order valence-electron chi connectivity index (χ2n) is 9.32. The third kappa shape index (κ3) is 4.35. The molecule has 9 heteroatoms. The summed E-state index contributed by atoms with van der Waals surface area (Å²) in [5, 5.41) is 5.87.